The standard InChI is InChI=1S/C51H36N2OS/c1-51(2)42-18-8-6-15-38(42)39-29-28-37(32-43(39)51)52(46-20-12-17-41-40-16-7-11-22-49(40)55-50(41)46)36-26-23-33(24-27-36)34-25-30-45-48(31-34)54-47-21-10-9-19-44(47)53(45)35-13-4-3-5-14-35/h3-32H,1-2H3. The highest BCUT2D eigenvalue weighted by atomic mass is 32.1. The van der Waals surface area contributed by atoms with E-state index in [9.17, 15) is 0 Å². The fraction of sp³-hybridized carbons (Fsp3) is 0.0588. The summed E-state index contributed by atoms with van der Waals surface area (Å²) in [7, 11) is 0. The van der Waals surface area contributed by atoms with Crippen molar-refractivity contribution in [2.75, 3.05) is 9.80 Å². The molecule has 0 saturated carbocycles. The Labute approximate surface area is 324 Å². The molecule has 1 aliphatic carbocycles. The molecule has 262 valence electrons. The van der Waals surface area contributed by atoms with Gasteiger partial charge in [0.1, 0.15) is 0 Å². The first-order valence-corrected chi connectivity index (χ1v) is 19.7. The van der Waals surface area contributed by atoms with Gasteiger partial charge in [0.05, 0.1) is 21.8 Å². The van der Waals surface area contributed by atoms with Crippen molar-refractivity contribution in [3.8, 4) is 33.8 Å². The van der Waals surface area contributed by atoms with Gasteiger partial charge < -0.3 is 14.5 Å². The molecule has 55 heavy (non-hydrogen) atoms. The smallest absolute Gasteiger partial charge is 0.152 e. The molecule has 0 saturated heterocycles. The second-order valence-electron chi connectivity index (χ2n) is 15.0. The highest BCUT2D eigenvalue weighted by molar-refractivity contribution is 7.26. The molecule has 11 rings (SSSR count). The number of thiophene rings is 1. The van der Waals surface area contributed by atoms with Crippen LogP contribution in [-0.2, 0) is 5.41 Å². The average molecular weight is 725 g/mol. The van der Waals surface area contributed by atoms with E-state index in [4.69, 9.17) is 4.74 Å². The van der Waals surface area contributed by atoms with Crippen LogP contribution in [0.1, 0.15) is 25.0 Å². The summed E-state index contributed by atoms with van der Waals surface area (Å²) in [5, 5.41) is 2.59. The fourth-order valence-electron chi connectivity index (χ4n) is 8.76. The lowest BCUT2D eigenvalue weighted by atomic mass is 9.82. The van der Waals surface area contributed by atoms with Gasteiger partial charge >= 0.3 is 0 Å². The molecule has 2 heterocycles. The van der Waals surface area contributed by atoms with E-state index >= 15 is 0 Å². The minimum atomic E-state index is -0.105. The van der Waals surface area contributed by atoms with E-state index in [2.05, 4.69) is 194 Å². The zero-order valence-corrected chi connectivity index (χ0v) is 31.3. The second kappa shape index (κ2) is 12.2. The van der Waals surface area contributed by atoms with Crippen molar-refractivity contribution < 1.29 is 4.74 Å². The number of ether oxygens (including phenoxy) is 1. The van der Waals surface area contributed by atoms with Crippen LogP contribution < -0.4 is 14.5 Å². The first-order valence-electron chi connectivity index (χ1n) is 18.8. The van der Waals surface area contributed by atoms with Crippen LogP contribution in [0.3, 0.4) is 0 Å². The summed E-state index contributed by atoms with van der Waals surface area (Å²) < 4.78 is 9.15. The summed E-state index contributed by atoms with van der Waals surface area (Å²) in [4.78, 5) is 4.73. The summed E-state index contributed by atoms with van der Waals surface area (Å²) >= 11 is 1.87. The highest BCUT2D eigenvalue weighted by Gasteiger charge is 2.36. The number of anilines is 6. The third-order valence-corrected chi connectivity index (χ3v) is 12.7. The van der Waals surface area contributed by atoms with Crippen LogP contribution >= 0.6 is 11.3 Å². The van der Waals surface area contributed by atoms with Gasteiger partial charge in [-0.1, -0.05) is 123 Å². The van der Waals surface area contributed by atoms with Crippen LogP contribution in [0.25, 0.3) is 42.4 Å². The summed E-state index contributed by atoms with van der Waals surface area (Å²) in [6.45, 7) is 4.71. The van der Waals surface area contributed by atoms with E-state index in [0.717, 1.165) is 51.1 Å². The molecule has 0 unspecified atom stereocenters. The van der Waals surface area contributed by atoms with Gasteiger partial charge in [0.25, 0.3) is 0 Å². The Hall–Kier alpha value is -6.62. The Morgan fingerprint density at radius 1 is 0.509 bits per heavy atom. The van der Waals surface area contributed by atoms with Crippen molar-refractivity contribution in [2.24, 2.45) is 0 Å². The zero-order chi connectivity index (χ0) is 36.7. The van der Waals surface area contributed by atoms with E-state index in [1.807, 2.05) is 23.5 Å². The monoisotopic (exact) mass is 724 g/mol. The lowest BCUT2D eigenvalue weighted by Gasteiger charge is -2.33. The molecule has 8 aromatic carbocycles. The Morgan fingerprint density at radius 3 is 2.09 bits per heavy atom. The van der Waals surface area contributed by atoms with Crippen molar-refractivity contribution in [1.82, 2.24) is 0 Å². The number of nitrogens with zero attached hydrogens (tertiary/aromatic N) is 2. The van der Waals surface area contributed by atoms with E-state index < -0.39 is 0 Å². The summed E-state index contributed by atoms with van der Waals surface area (Å²) in [5.74, 6) is 1.68. The number of hydrogen-bond acceptors (Lipinski definition) is 4. The maximum atomic E-state index is 6.56. The SMILES string of the molecule is CC1(C)c2ccccc2-c2ccc(N(c3ccc(-c4ccc5c(c4)Oc4ccccc4N5c4ccccc4)cc3)c3cccc4c3sc3ccccc34)cc21. The Morgan fingerprint density at radius 2 is 1.20 bits per heavy atom. The number of rotatable bonds is 5. The van der Waals surface area contributed by atoms with Crippen LogP contribution in [0.5, 0.6) is 11.5 Å². The van der Waals surface area contributed by atoms with Gasteiger partial charge in [-0.25, -0.2) is 0 Å². The number of fused-ring (bicyclic) bond motifs is 8. The Kier molecular flexibility index (Phi) is 7.07. The molecular weight excluding hydrogens is 689 g/mol. The highest BCUT2D eigenvalue weighted by Crippen LogP contribution is 2.53. The minimum absolute atomic E-state index is 0.105. The van der Waals surface area contributed by atoms with E-state index in [1.54, 1.807) is 0 Å². The molecule has 0 spiro atoms. The third-order valence-electron chi connectivity index (χ3n) is 11.4. The predicted molar refractivity (Wildman–Crippen MR) is 232 cm³/mol. The molecule has 0 radical (unpaired) electrons. The molecule has 3 nitrogen and oxygen atoms in total. The molecule has 9 aromatic rings. The maximum Gasteiger partial charge on any atom is 0.152 e. The normalized spacial score (nSPS) is 13.5. The van der Waals surface area contributed by atoms with E-state index in [0.29, 0.717) is 0 Å². The predicted octanol–water partition coefficient (Wildman–Crippen LogP) is 15.1. The van der Waals surface area contributed by atoms with Crippen LogP contribution in [0, 0.1) is 0 Å². The van der Waals surface area contributed by atoms with E-state index in [1.165, 1.54) is 48.1 Å². The molecular formula is C51H36N2OS. The summed E-state index contributed by atoms with van der Waals surface area (Å²) in [6, 6.07) is 65.7. The number of hydrogen-bond donors (Lipinski definition) is 0. The average Bonchev–Trinajstić information content (AvgIpc) is 3.73. The van der Waals surface area contributed by atoms with Crippen molar-refractivity contribution >= 4 is 65.6 Å². The van der Waals surface area contributed by atoms with Gasteiger partial charge in [0, 0.05) is 37.9 Å². The van der Waals surface area contributed by atoms with Gasteiger partial charge in [0.15, 0.2) is 11.5 Å². The van der Waals surface area contributed by atoms with Gasteiger partial charge in [-0.05, 0) is 106 Å². The van der Waals surface area contributed by atoms with Gasteiger partial charge in [0.2, 0.25) is 0 Å². The van der Waals surface area contributed by atoms with E-state index in [-0.39, 0.29) is 5.41 Å². The van der Waals surface area contributed by atoms with Crippen molar-refractivity contribution in [1.29, 1.82) is 0 Å². The topological polar surface area (TPSA) is 15.7 Å². The first kappa shape index (κ1) is 31.9. The lowest BCUT2D eigenvalue weighted by Crippen LogP contribution is -2.16. The van der Waals surface area contributed by atoms with Gasteiger partial charge in [-0.2, -0.15) is 0 Å². The Bertz CT molecular complexity index is 2940. The zero-order valence-electron chi connectivity index (χ0n) is 30.5. The first-order chi connectivity index (χ1) is 27.0. The second-order valence-corrected chi connectivity index (χ2v) is 16.0. The van der Waals surface area contributed by atoms with Crippen LogP contribution in [0.15, 0.2) is 182 Å². The summed E-state index contributed by atoms with van der Waals surface area (Å²) in [5.41, 5.74) is 14.1. The number of para-hydroxylation sites is 3. The minimum Gasteiger partial charge on any atom is -0.453 e. The molecule has 0 fully saturated rings. The fourth-order valence-corrected chi connectivity index (χ4v) is 9.97. The van der Waals surface area contributed by atoms with Crippen molar-refractivity contribution in [3.05, 3.63) is 193 Å². The van der Waals surface area contributed by atoms with Crippen LogP contribution in [0.4, 0.5) is 34.1 Å². The molecule has 0 bridgehead atoms. The van der Waals surface area contributed by atoms with Crippen molar-refractivity contribution in [3.63, 3.8) is 0 Å². The van der Waals surface area contributed by atoms with Gasteiger partial charge in [-0.3, -0.25) is 0 Å². The van der Waals surface area contributed by atoms with Crippen LogP contribution in [0.2, 0.25) is 0 Å². The molecule has 1 aromatic heterocycles. The molecule has 4 heteroatoms. The largest absolute Gasteiger partial charge is 0.453 e. The van der Waals surface area contributed by atoms with Crippen molar-refractivity contribution in [2.45, 2.75) is 19.3 Å². The molecule has 2 aliphatic rings. The van der Waals surface area contributed by atoms with Gasteiger partial charge in [-0.15, -0.1) is 11.3 Å². The molecule has 0 N–H and O–H groups in total. The molecule has 1 aliphatic heterocycles. The van der Waals surface area contributed by atoms with Crippen LogP contribution in [-0.4, -0.2) is 0 Å². The lowest BCUT2D eigenvalue weighted by molar-refractivity contribution is 0.477. The quantitative estimate of drug-likeness (QED) is 0.176. The third kappa shape index (κ3) is 4.95. The number of benzene rings is 8. The maximum absolute atomic E-state index is 6.56. The molecule has 0 atom stereocenters. The molecule has 0 amide bonds. The summed E-state index contributed by atoms with van der Waals surface area (Å²) in [6.07, 6.45) is 0. The Balaban J connectivity index is 1.03.